The Bertz CT molecular complexity index is 1670. The Morgan fingerprint density at radius 3 is 1.04 bits per heavy atom. The molecule has 0 saturated heterocycles. The lowest BCUT2D eigenvalue weighted by atomic mass is 10.1. The maximum absolute atomic E-state index is 13.0. The molecule has 0 rings (SSSR count). The smallest absolute Gasteiger partial charge is 0.462 e. The van der Waals surface area contributed by atoms with Crippen LogP contribution in [0.5, 0.6) is 0 Å². The Labute approximate surface area is 490 Å². The molecule has 0 aliphatic carbocycles. The SMILES string of the molecule is CC/C=C\C/C=C\C/C=C\C/C=C\CCCCCCC(=O)OC(CO)COP(=O)(O)OCC(COC(=O)CCCCCCCCC/C=C\CCCCCCCC)OC(=O)CCCCCCCCCCC/C=C\C/C=C\CCCCC. The monoisotopic (exact) mass is 1140 g/mol. The average Bonchev–Trinajstić information content (AvgIpc) is 3.45. The summed E-state index contributed by atoms with van der Waals surface area (Å²) in [5.74, 6) is -1.49. The van der Waals surface area contributed by atoms with Gasteiger partial charge in [-0.05, 0) is 116 Å². The number of phosphoric acid groups is 1. The fourth-order valence-corrected chi connectivity index (χ4v) is 9.63. The van der Waals surface area contributed by atoms with E-state index in [1.807, 2.05) is 0 Å². The number of carbonyl (C=O) groups excluding carboxylic acids is 3. The zero-order valence-electron chi connectivity index (χ0n) is 51.3. The molecule has 80 heavy (non-hydrogen) atoms. The van der Waals surface area contributed by atoms with E-state index in [9.17, 15) is 28.9 Å². The fourth-order valence-electron chi connectivity index (χ4n) is 8.84. The Morgan fingerprint density at radius 1 is 0.362 bits per heavy atom. The van der Waals surface area contributed by atoms with Gasteiger partial charge in [0.05, 0.1) is 19.8 Å². The summed E-state index contributed by atoms with van der Waals surface area (Å²) >= 11 is 0. The van der Waals surface area contributed by atoms with Gasteiger partial charge in [-0.3, -0.25) is 23.4 Å². The molecule has 3 unspecified atom stereocenters. The van der Waals surface area contributed by atoms with Crippen LogP contribution in [0.2, 0.25) is 0 Å². The van der Waals surface area contributed by atoms with Crippen LogP contribution in [0.3, 0.4) is 0 Å². The molecule has 0 fully saturated rings. The summed E-state index contributed by atoms with van der Waals surface area (Å²) in [6.45, 7) is 4.50. The van der Waals surface area contributed by atoms with Gasteiger partial charge in [0, 0.05) is 19.3 Å². The summed E-state index contributed by atoms with van der Waals surface area (Å²) in [4.78, 5) is 48.8. The first-order valence-electron chi connectivity index (χ1n) is 32.5. The molecule has 11 nitrogen and oxygen atoms in total. The number of allylic oxidation sites excluding steroid dienone is 14. The van der Waals surface area contributed by atoms with Crippen molar-refractivity contribution in [1.82, 2.24) is 0 Å². The Balaban J connectivity index is 4.73. The predicted molar refractivity (Wildman–Crippen MR) is 334 cm³/mol. The molecule has 0 heterocycles. The molecule has 2 N–H and O–H groups in total. The highest BCUT2D eigenvalue weighted by Gasteiger charge is 2.28. The standard InChI is InChI=1S/C68H119O11P/c1-4-7-10-13-16-19-22-25-28-31-32-35-38-41-44-47-50-53-56-59-68(72)79-65(61-75-66(70)57-54-51-48-45-42-39-36-33-29-26-23-20-17-14-11-8-5-2)63-77-80(73,74)76-62-64(60-69)78-67(71)58-55-52-49-46-43-40-37-34-30-27-24-21-18-15-12-9-6-3/h9,12,16,18-19,21,25-30,37,40,64-65,69H,4-8,10-11,13-15,17,20,22-24,31-36,38-39,41-63H2,1-3H3,(H,73,74)/b12-9-,19-16-,21-18-,28-25-,29-26-,30-27-,40-37-. The number of esters is 3. The molecule has 0 aromatic heterocycles. The highest BCUT2D eigenvalue weighted by Crippen LogP contribution is 2.43. The summed E-state index contributed by atoms with van der Waals surface area (Å²) in [5, 5.41) is 9.85. The van der Waals surface area contributed by atoms with Crippen LogP contribution in [0, 0.1) is 0 Å². The summed E-state index contributed by atoms with van der Waals surface area (Å²) < 4.78 is 39.7. The molecule has 462 valence electrons. The molecule has 3 atom stereocenters. The second-order valence-corrected chi connectivity index (χ2v) is 23.0. The third-order valence-corrected chi connectivity index (χ3v) is 14.7. The van der Waals surface area contributed by atoms with Crippen molar-refractivity contribution in [3.05, 3.63) is 85.1 Å². The maximum Gasteiger partial charge on any atom is 0.472 e. The van der Waals surface area contributed by atoms with Crippen LogP contribution >= 0.6 is 7.82 Å². The van der Waals surface area contributed by atoms with Gasteiger partial charge in [-0.1, -0.05) is 241 Å². The lowest BCUT2D eigenvalue weighted by Crippen LogP contribution is -2.30. The van der Waals surface area contributed by atoms with Crippen molar-refractivity contribution in [1.29, 1.82) is 0 Å². The molecule has 0 aromatic carbocycles. The van der Waals surface area contributed by atoms with E-state index < -0.39 is 57.8 Å². The second-order valence-electron chi connectivity index (χ2n) is 21.5. The van der Waals surface area contributed by atoms with Crippen LogP contribution in [-0.2, 0) is 42.2 Å². The molecule has 0 aliphatic rings. The number of ether oxygens (including phenoxy) is 3. The number of rotatable bonds is 60. The van der Waals surface area contributed by atoms with Crippen LogP contribution in [0.1, 0.15) is 290 Å². The quantitative estimate of drug-likeness (QED) is 0.0197. The number of aliphatic hydroxyl groups excluding tert-OH is 1. The topological polar surface area (TPSA) is 155 Å². The van der Waals surface area contributed by atoms with E-state index in [0.717, 1.165) is 109 Å². The van der Waals surface area contributed by atoms with Gasteiger partial charge in [-0.15, -0.1) is 0 Å². The van der Waals surface area contributed by atoms with Gasteiger partial charge >= 0.3 is 25.7 Å². The molecule has 0 aromatic rings. The number of hydrogen-bond donors (Lipinski definition) is 2. The van der Waals surface area contributed by atoms with Crippen molar-refractivity contribution in [2.24, 2.45) is 0 Å². The molecular weight excluding hydrogens is 1020 g/mol. The van der Waals surface area contributed by atoms with Crippen molar-refractivity contribution in [3.63, 3.8) is 0 Å². The Morgan fingerprint density at radius 2 is 0.650 bits per heavy atom. The summed E-state index contributed by atoms with van der Waals surface area (Å²) in [7, 11) is -4.77. The van der Waals surface area contributed by atoms with Crippen LogP contribution in [-0.4, -0.2) is 66.5 Å². The second kappa shape index (κ2) is 61.7. The molecule has 0 bridgehead atoms. The third-order valence-electron chi connectivity index (χ3n) is 13.8. The maximum atomic E-state index is 13.0. The van der Waals surface area contributed by atoms with Crippen molar-refractivity contribution in [3.8, 4) is 0 Å². The molecule has 0 radical (unpaired) electrons. The molecule has 0 aliphatic heterocycles. The predicted octanol–water partition coefficient (Wildman–Crippen LogP) is 19.8. The first kappa shape index (κ1) is 76.7. The van der Waals surface area contributed by atoms with Gasteiger partial charge in [-0.2, -0.15) is 0 Å². The number of aliphatic hydroxyl groups is 1. The lowest BCUT2D eigenvalue weighted by Gasteiger charge is -2.21. The van der Waals surface area contributed by atoms with Gasteiger partial charge in [0.2, 0.25) is 0 Å². The molecule has 0 amide bonds. The minimum Gasteiger partial charge on any atom is -0.462 e. The van der Waals surface area contributed by atoms with E-state index in [-0.39, 0.29) is 25.9 Å². The van der Waals surface area contributed by atoms with E-state index in [2.05, 4.69) is 106 Å². The molecule has 0 spiro atoms. The molecular formula is C68H119O11P. The normalized spacial score (nSPS) is 13.8. The minimum absolute atomic E-state index is 0.147. The van der Waals surface area contributed by atoms with E-state index in [1.165, 1.54) is 122 Å². The van der Waals surface area contributed by atoms with Gasteiger partial charge in [-0.25, -0.2) is 4.57 Å². The van der Waals surface area contributed by atoms with E-state index in [0.29, 0.717) is 19.3 Å². The van der Waals surface area contributed by atoms with Gasteiger partial charge in [0.15, 0.2) is 6.10 Å². The van der Waals surface area contributed by atoms with E-state index >= 15 is 0 Å². The summed E-state index contributed by atoms with van der Waals surface area (Å²) in [6, 6.07) is 0. The highest BCUT2D eigenvalue weighted by atomic mass is 31.2. The Hall–Kier alpha value is -3.34. The van der Waals surface area contributed by atoms with Gasteiger partial charge in [0.25, 0.3) is 0 Å². The third kappa shape index (κ3) is 59.3. The average molecular weight is 1140 g/mol. The Kier molecular flexibility index (Phi) is 59.1. The van der Waals surface area contributed by atoms with Gasteiger partial charge < -0.3 is 24.2 Å². The zero-order valence-corrected chi connectivity index (χ0v) is 52.2. The van der Waals surface area contributed by atoms with Gasteiger partial charge in [0.1, 0.15) is 12.7 Å². The summed E-state index contributed by atoms with van der Waals surface area (Å²) in [6.07, 6.45) is 72.4. The van der Waals surface area contributed by atoms with Crippen molar-refractivity contribution in [2.45, 2.75) is 303 Å². The number of phosphoric ester groups is 1. The lowest BCUT2D eigenvalue weighted by molar-refractivity contribution is -0.161. The van der Waals surface area contributed by atoms with E-state index in [4.69, 9.17) is 23.3 Å². The first-order valence-corrected chi connectivity index (χ1v) is 34.0. The van der Waals surface area contributed by atoms with Crippen LogP contribution in [0.15, 0.2) is 85.1 Å². The minimum atomic E-state index is -4.77. The first-order chi connectivity index (χ1) is 39.2. The fraction of sp³-hybridized carbons (Fsp3) is 0.750. The zero-order chi connectivity index (χ0) is 58.3. The van der Waals surface area contributed by atoms with Crippen LogP contribution < -0.4 is 0 Å². The largest absolute Gasteiger partial charge is 0.472 e. The van der Waals surface area contributed by atoms with Crippen molar-refractivity contribution in [2.75, 3.05) is 26.4 Å². The molecule has 0 saturated carbocycles. The van der Waals surface area contributed by atoms with Crippen LogP contribution in [0.25, 0.3) is 0 Å². The van der Waals surface area contributed by atoms with Crippen molar-refractivity contribution >= 4 is 25.7 Å². The van der Waals surface area contributed by atoms with Crippen LogP contribution in [0.4, 0.5) is 0 Å². The number of carbonyl (C=O) groups is 3. The molecule has 12 heteroatoms. The van der Waals surface area contributed by atoms with Crippen molar-refractivity contribution < 1.29 is 52.2 Å². The van der Waals surface area contributed by atoms with E-state index in [1.54, 1.807) is 0 Å². The summed E-state index contributed by atoms with van der Waals surface area (Å²) in [5.41, 5.74) is 0. The number of unbranched alkanes of at least 4 members (excludes halogenated alkanes) is 29. The highest BCUT2D eigenvalue weighted by molar-refractivity contribution is 7.47. The number of hydrogen-bond acceptors (Lipinski definition) is 10.